The largest absolute Gasteiger partial charge is 0.355 e. The first kappa shape index (κ1) is 16.9. The van der Waals surface area contributed by atoms with Crippen molar-refractivity contribution < 1.29 is 9.18 Å². The second kappa shape index (κ2) is 8.25. The van der Waals surface area contributed by atoms with Gasteiger partial charge in [-0.1, -0.05) is 19.1 Å². The highest BCUT2D eigenvalue weighted by molar-refractivity contribution is 5.78. The van der Waals surface area contributed by atoms with Gasteiger partial charge in [0.05, 0.1) is 6.54 Å². The van der Waals surface area contributed by atoms with Gasteiger partial charge in [-0.2, -0.15) is 0 Å². The van der Waals surface area contributed by atoms with Crippen molar-refractivity contribution in [1.82, 2.24) is 10.2 Å². The van der Waals surface area contributed by atoms with Gasteiger partial charge in [0.1, 0.15) is 5.82 Å². The van der Waals surface area contributed by atoms with Crippen molar-refractivity contribution in [3.63, 3.8) is 0 Å². The average Bonchev–Trinajstić information content (AvgIpc) is 2.49. The molecule has 1 amide bonds. The molecule has 0 aromatic heterocycles. The van der Waals surface area contributed by atoms with E-state index in [1.54, 1.807) is 12.1 Å². The summed E-state index contributed by atoms with van der Waals surface area (Å²) in [5.74, 6) is 0.347. The van der Waals surface area contributed by atoms with E-state index in [0.29, 0.717) is 38.0 Å². The summed E-state index contributed by atoms with van der Waals surface area (Å²) in [6, 6.07) is 6.68. The first-order chi connectivity index (χ1) is 10.6. The molecule has 1 fully saturated rings. The zero-order valence-corrected chi connectivity index (χ0v) is 13.2. The van der Waals surface area contributed by atoms with Crippen LogP contribution < -0.4 is 11.1 Å². The lowest BCUT2D eigenvalue weighted by Crippen LogP contribution is -2.52. The lowest BCUT2D eigenvalue weighted by Gasteiger charge is -2.38. The quantitative estimate of drug-likeness (QED) is 0.838. The Morgan fingerprint density at radius 3 is 2.82 bits per heavy atom. The van der Waals surface area contributed by atoms with Crippen molar-refractivity contribution >= 4 is 5.91 Å². The van der Waals surface area contributed by atoms with Crippen LogP contribution in [0.3, 0.4) is 0 Å². The number of benzene rings is 1. The minimum Gasteiger partial charge on any atom is -0.355 e. The Bertz CT molecular complexity index is 477. The van der Waals surface area contributed by atoms with E-state index in [1.165, 1.54) is 18.6 Å². The number of rotatable bonds is 6. The highest BCUT2D eigenvalue weighted by Crippen LogP contribution is 2.21. The lowest BCUT2D eigenvalue weighted by atomic mass is 9.91. The maximum Gasteiger partial charge on any atom is 0.234 e. The number of nitrogens with one attached hydrogen (secondary N) is 1. The zero-order valence-electron chi connectivity index (χ0n) is 13.2. The Labute approximate surface area is 131 Å². The molecule has 1 aromatic carbocycles. The molecule has 2 atom stereocenters. The summed E-state index contributed by atoms with van der Waals surface area (Å²) in [5, 5.41) is 2.94. The molecule has 5 heteroatoms. The van der Waals surface area contributed by atoms with E-state index >= 15 is 0 Å². The highest BCUT2D eigenvalue weighted by atomic mass is 19.1. The SMILES string of the molecule is CC1CCCN(CC(=O)NCCc2ccc(F)cc2)C1CN. The topological polar surface area (TPSA) is 58.4 Å². The summed E-state index contributed by atoms with van der Waals surface area (Å²) in [7, 11) is 0. The van der Waals surface area contributed by atoms with Gasteiger partial charge in [0.2, 0.25) is 5.91 Å². The number of halogens is 1. The molecule has 22 heavy (non-hydrogen) atoms. The molecule has 2 unspecified atom stereocenters. The number of hydrogen-bond donors (Lipinski definition) is 2. The van der Waals surface area contributed by atoms with E-state index in [1.807, 2.05) is 0 Å². The van der Waals surface area contributed by atoms with E-state index in [0.717, 1.165) is 18.5 Å². The fourth-order valence-corrected chi connectivity index (χ4v) is 3.15. The number of nitrogens with zero attached hydrogens (tertiary/aromatic N) is 1. The summed E-state index contributed by atoms with van der Waals surface area (Å²) in [4.78, 5) is 14.3. The molecule has 122 valence electrons. The molecule has 1 saturated heterocycles. The Hall–Kier alpha value is -1.46. The van der Waals surface area contributed by atoms with Gasteiger partial charge < -0.3 is 11.1 Å². The van der Waals surface area contributed by atoms with Crippen LogP contribution >= 0.6 is 0 Å². The third kappa shape index (κ3) is 4.78. The summed E-state index contributed by atoms with van der Waals surface area (Å²) in [6.45, 7) is 4.73. The third-order valence-electron chi connectivity index (χ3n) is 4.47. The molecule has 0 radical (unpaired) electrons. The van der Waals surface area contributed by atoms with Crippen molar-refractivity contribution in [3.05, 3.63) is 35.6 Å². The number of hydrogen-bond acceptors (Lipinski definition) is 3. The van der Waals surface area contributed by atoms with Gasteiger partial charge in [0, 0.05) is 19.1 Å². The van der Waals surface area contributed by atoms with Crippen molar-refractivity contribution in [1.29, 1.82) is 0 Å². The Balaban J connectivity index is 1.74. The fraction of sp³-hybridized carbons (Fsp3) is 0.588. The smallest absolute Gasteiger partial charge is 0.234 e. The molecule has 1 aliphatic rings. The molecule has 2 rings (SSSR count). The van der Waals surface area contributed by atoms with Crippen LogP contribution in [0, 0.1) is 11.7 Å². The number of nitrogens with two attached hydrogens (primary N) is 1. The van der Waals surface area contributed by atoms with E-state index in [-0.39, 0.29) is 11.7 Å². The molecule has 3 N–H and O–H groups in total. The molecule has 1 aliphatic heterocycles. The summed E-state index contributed by atoms with van der Waals surface area (Å²) in [6.07, 6.45) is 3.02. The maximum atomic E-state index is 12.8. The number of carbonyl (C=O) groups excluding carboxylic acids is 1. The standard InChI is InChI=1S/C17H26FN3O/c1-13-3-2-10-21(16(13)11-19)12-17(22)20-9-8-14-4-6-15(18)7-5-14/h4-7,13,16H,2-3,8-12,19H2,1H3,(H,20,22). The Morgan fingerprint density at radius 2 is 2.14 bits per heavy atom. The van der Waals surface area contributed by atoms with Gasteiger partial charge in [0.15, 0.2) is 0 Å². The molecule has 4 nitrogen and oxygen atoms in total. The molecule has 1 heterocycles. The second-order valence-corrected chi connectivity index (χ2v) is 6.12. The average molecular weight is 307 g/mol. The van der Waals surface area contributed by atoms with Crippen LogP contribution in [0.25, 0.3) is 0 Å². The van der Waals surface area contributed by atoms with Crippen LogP contribution in [-0.2, 0) is 11.2 Å². The second-order valence-electron chi connectivity index (χ2n) is 6.12. The number of likely N-dealkylation sites (tertiary alicyclic amines) is 1. The summed E-state index contributed by atoms with van der Waals surface area (Å²) < 4.78 is 12.8. The maximum absolute atomic E-state index is 12.8. The van der Waals surface area contributed by atoms with E-state index < -0.39 is 0 Å². The minimum absolute atomic E-state index is 0.0367. The van der Waals surface area contributed by atoms with Crippen LogP contribution in [0.5, 0.6) is 0 Å². The summed E-state index contributed by atoms with van der Waals surface area (Å²) >= 11 is 0. The Kier molecular flexibility index (Phi) is 6.34. The van der Waals surface area contributed by atoms with Gasteiger partial charge in [-0.3, -0.25) is 9.69 Å². The molecular weight excluding hydrogens is 281 g/mol. The molecule has 0 bridgehead atoms. The predicted octanol–water partition coefficient (Wildman–Crippen LogP) is 1.54. The van der Waals surface area contributed by atoms with Crippen LogP contribution in [0.4, 0.5) is 4.39 Å². The third-order valence-corrected chi connectivity index (χ3v) is 4.47. The van der Waals surface area contributed by atoms with Crippen molar-refractivity contribution in [2.24, 2.45) is 11.7 Å². The van der Waals surface area contributed by atoms with Crippen molar-refractivity contribution in [3.8, 4) is 0 Å². The fourth-order valence-electron chi connectivity index (χ4n) is 3.15. The predicted molar refractivity (Wildman–Crippen MR) is 85.9 cm³/mol. The van der Waals surface area contributed by atoms with Gasteiger partial charge in [-0.25, -0.2) is 4.39 Å². The van der Waals surface area contributed by atoms with Crippen LogP contribution in [-0.4, -0.2) is 43.0 Å². The van der Waals surface area contributed by atoms with Crippen molar-refractivity contribution in [2.75, 3.05) is 26.2 Å². The monoisotopic (exact) mass is 307 g/mol. The van der Waals surface area contributed by atoms with Gasteiger partial charge in [0.25, 0.3) is 0 Å². The number of carbonyl (C=O) groups is 1. The molecular formula is C17H26FN3O. The Morgan fingerprint density at radius 1 is 1.41 bits per heavy atom. The highest BCUT2D eigenvalue weighted by Gasteiger charge is 2.28. The van der Waals surface area contributed by atoms with Crippen LogP contribution in [0.2, 0.25) is 0 Å². The summed E-state index contributed by atoms with van der Waals surface area (Å²) in [5.41, 5.74) is 6.87. The van der Waals surface area contributed by atoms with Crippen LogP contribution in [0.1, 0.15) is 25.3 Å². The molecule has 0 spiro atoms. The van der Waals surface area contributed by atoms with E-state index in [2.05, 4.69) is 17.1 Å². The van der Waals surface area contributed by atoms with Crippen molar-refractivity contribution in [2.45, 2.75) is 32.2 Å². The minimum atomic E-state index is -0.236. The first-order valence-electron chi connectivity index (χ1n) is 8.05. The molecule has 0 saturated carbocycles. The molecule has 1 aromatic rings. The molecule has 0 aliphatic carbocycles. The van der Waals surface area contributed by atoms with Gasteiger partial charge in [-0.05, 0) is 49.4 Å². The number of amides is 1. The first-order valence-corrected chi connectivity index (χ1v) is 8.05. The lowest BCUT2D eigenvalue weighted by molar-refractivity contribution is -0.123. The van der Waals surface area contributed by atoms with Gasteiger partial charge >= 0.3 is 0 Å². The van der Waals surface area contributed by atoms with Gasteiger partial charge in [-0.15, -0.1) is 0 Å². The number of piperidine rings is 1. The normalized spacial score (nSPS) is 22.5. The van der Waals surface area contributed by atoms with E-state index in [9.17, 15) is 9.18 Å². The zero-order chi connectivity index (χ0) is 15.9. The van der Waals surface area contributed by atoms with E-state index in [4.69, 9.17) is 5.73 Å². The van der Waals surface area contributed by atoms with Crippen LogP contribution in [0.15, 0.2) is 24.3 Å².